The Bertz CT molecular complexity index is 106. The van der Waals surface area contributed by atoms with Crippen LogP contribution in [0.2, 0.25) is 0 Å². The number of hydrogen-bond acceptors (Lipinski definition) is 2. The Morgan fingerprint density at radius 1 is 1.60 bits per heavy atom. The molecule has 0 fully saturated rings. The van der Waals surface area contributed by atoms with E-state index in [9.17, 15) is 0 Å². The zero-order valence-corrected chi connectivity index (χ0v) is 6.47. The molecular formula is C8H15NO. The molecule has 0 amide bonds. The van der Waals surface area contributed by atoms with Gasteiger partial charge < -0.3 is 10.5 Å². The molecule has 10 heavy (non-hydrogen) atoms. The van der Waals surface area contributed by atoms with Gasteiger partial charge in [0.1, 0.15) is 0 Å². The maximum absolute atomic E-state index is 5.44. The number of nitrogens with two attached hydrogens (primary N) is 1. The maximum atomic E-state index is 5.44. The normalized spacial score (nSPS) is 12.5. The van der Waals surface area contributed by atoms with Crippen LogP contribution < -0.4 is 5.73 Å². The van der Waals surface area contributed by atoms with E-state index in [-0.39, 0.29) is 6.04 Å². The minimum atomic E-state index is -0.142. The van der Waals surface area contributed by atoms with E-state index in [2.05, 4.69) is 12.8 Å². The van der Waals surface area contributed by atoms with Crippen molar-refractivity contribution in [3.63, 3.8) is 0 Å². The van der Waals surface area contributed by atoms with Crippen LogP contribution in [0.25, 0.3) is 0 Å². The van der Waals surface area contributed by atoms with Crippen molar-refractivity contribution in [3.8, 4) is 12.3 Å². The third kappa shape index (κ3) is 5.61. The fraction of sp³-hybridized carbons (Fsp3) is 0.750. The predicted octanol–water partition coefficient (Wildman–Crippen LogP) is 0.764. The highest BCUT2D eigenvalue weighted by atomic mass is 16.5. The summed E-state index contributed by atoms with van der Waals surface area (Å²) in [5.74, 6) is 2.44. The second-order valence-corrected chi connectivity index (χ2v) is 2.17. The molecule has 2 heteroatoms. The van der Waals surface area contributed by atoms with E-state index in [0.29, 0.717) is 6.61 Å². The molecule has 0 saturated carbocycles. The fourth-order valence-corrected chi connectivity index (χ4v) is 0.540. The van der Waals surface area contributed by atoms with Crippen molar-refractivity contribution >= 4 is 0 Å². The van der Waals surface area contributed by atoms with E-state index < -0.39 is 0 Å². The molecule has 2 nitrogen and oxygen atoms in total. The monoisotopic (exact) mass is 141 g/mol. The molecule has 0 aromatic heterocycles. The highest BCUT2D eigenvalue weighted by molar-refractivity contribution is 4.96. The van der Waals surface area contributed by atoms with Gasteiger partial charge in [-0.25, -0.2) is 0 Å². The zero-order chi connectivity index (χ0) is 7.82. The summed E-state index contributed by atoms with van der Waals surface area (Å²) in [7, 11) is 0. The van der Waals surface area contributed by atoms with Crippen LogP contribution in [0.15, 0.2) is 0 Å². The Kier molecular flexibility index (Phi) is 6.25. The lowest BCUT2D eigenvalue weighted by Crippen LogP contribution is -2.19. The number of terminal acetylenes is 1. The molecule has 58 valence electrons. The molecule has 0 aromatic carbocycles. The van der Waals surface area contributed by atoms with Gasteiger partial charge in [-0.1, -0.05) is 12.8 Å². The van der Waals surface area contributed by atoms with Crippen molar-refractivity contribution in [2.45, 2.75) is 25.8 Å². The Morgan fingerprint density at radius 3 is 2.80 bits per heavy atom. The van der Waals surface area contributed by atoms with Crippen molar-refractivity contribution < 1.29 is 4.74 Å². The molecule has 0 heterocycles. The molecule has 0 aromatic rings. The number of rotatable bonds is 5. The third-order valence-electron chi connectivity index (χ3n) is 1.14. The SMILES string of the molecule is C#CC(N)CCOCCC. The zero-order valence-electron chi connectivity index (χ0n) is 6.47. The second kappa shape index (κ2) is 6.60. The standard InChI is InChI=1S/C8H15NO/c1-3-6-10-7-5-8(9)4-2/h2,8H,3,5-7,9H2,1H3. The van der Waals surface area contributed by atoms with Gasteiger partial charge in [-0.2, -0.15) is 0 Å². The van der Waals surface area contributed by atoms with Crippen molar-refractivity contribution in [2.24, 2.45) is 5.73 Å². The van der Waals surface area contributed by atoms with Crippen LogP contribution in [0.5, 0.6) is 0 Å². The van der Waals surface area contributed by atoms with Gasteiger partial charge in [-0.05, 0) is 12.8 Å². The Hall–Kier alpha value is -0.520. The summed E-state index contributed by atoms with van der Waals surface area (Å²) in [5.41, 5.74) is 5.44. The fourth-order valence-electron chi connectivity index (χ4n) is 0.540. The molecule has 0 bridgehead atoms. The first-order valence-corrected chi connectivity index (χ1v) is 3.60. The minimum Gasteiger partial charge on any atom is -0.381 e. The first kappa shape index (κ1) is 9.48. The number of hydrogen-bond donors (Lipinski definition) is 1. The minimum absolute atomic E-state index is 0.142. The van der Waals surface area contributed by atoms with Crippen molar-refractivity contribution in [1.29, 1.82) is 0 Å². The molecule has 0 radical (unpaired) electrons. The van der Waals surface area contributed by atoms with Crippen LogP contribution in [0.3, 0.4) is 0 Å². The lowest BCUT2D eigenvalue weighted by molar-refractivity contribution is 0.131. The molecule has 2 N–H and O–H groups in total. The van der Waals surface area contributed by atoms with Gasteiger partial charge in [0, 0.05) is 13.2 Å². The average molecular weight is 141 g/mol. The van der Waals surface area contributed by atoms with Gasteiger partial charge in [-0.15, -0.1) is 6.42 Å². The lowest BCUT2D eigenvalue weighted by atomic mass is 10.2. The van der Waals surface area contributed by atoms with Gasteiger partial charge in [0.2, 0.25) is 0 Å². The topological polar surface area (TPSA) is 35.2 Å². The molecule has 0 aliphatic rings. The van der Waals surface area contributed by atoms with Crippen molar-refractivity contribution in [2.75, 3.05) is 13.2 Å². The van der Waals surface area contributed by atoms with Crippen LogP contribution in [-0.2, 0) is 4.74 Å². The van der Waals surface area contributed by atoms with E-state index in [0.717, 1.165) is 19.4 Å². The van der Waals surface area contributed by atoms with Gasteiger partial charge in [-0.3, -0.25) is 0 Å². The van der Waals surface area contributed by atoms with E-state index >= 15 is 0 Å². The lowest BCUT2D eigenvalue weighted by Gasteiger charge is -2.03. The van der Waals surface area contributed by atoms with Gasteiger partial charge in [0.05, 0.1) is 6.04 Å². The maximum Gasteiger partial charge on any atom is 0.0684 e. The van der Waals surface area contributed by atoms with Crippen LogP contribution in [0.4, 0.5) is 0 Å². The molecule has 1 unspecified atom stereocenters. The summed E-state index contributed by atoms with van der Waals surface area (Å²) in [6, 6.07) is -0.142. The Labute approximate surface area is 62.7 Å². The van der Waals surface area contributed by atoms with Crippen LogP contribution >= 0.6 is 0 Å². The summed E-state index contributed by atoms with van der Waals surface area (Å²) >= 11 is 0. The first-order valence-electron chi connectivity index (χ1n) is 3.60. The number of ether oxygens (including phenoxy) is 1. The highest BCUT2D eigenvalue weighted by Crippen LogP contribution is 1.88. The first-order chi connectivity index (χ1) is 4.81. The van der Waals surface area contributed by atoms with Crippen molar-refractivity contribution in [1.82, 2.24) is 0 Å². The second-order valence-electron chi connectivity index (χ2n) is 2.17. The summed E-state index contributed by atoms with van der Waals surface area (Å²) in [6.45, 7) is 3.55. The summed E-state index contributed by atoms with van der Waals surface area (Å²) in [4.78, 5) is 0. The molecule has 0 aliphatic carbocycles. The summed E-state index contributed by atoms with van der Waals surface area (Å²) < 4.78 is 5.18. The Balaban J connectivity index is 2.98. The van der Waals surface area contributed by atoms with E-state index in [4.69, 9.17) is 16.9 Å². The summed E-state index contributed by atoms with van der Waals surface area (Å²) in [6.07, 6.45) is 6.86. The molecule has 0 aliphatic heterocycles. The van der Waals surface area contributed by atoms with Crippen molar-refractivity contribution in [3.05, 3.63) is 0 Å². The molecule has 0 spiro atoms. The molecule has 0 rings (SSSR count). The van der Waals surface area contributed by atoms with E-state index in [1.165, 1.54) is 0 Å². The highest BCUT2D eigenvalue weighted by Gasteiger charge is 1.94. The third-order valence-corrected chi connectivity index (χ3v) is 1.14. The van der Waals surface area contributed by atoms with Gasteiger partial charge in [0.15, 0.2) is 0 Å². The van der Waals surface area contributed by atoms with E-state index in [1.54, 1.807) is 0 Å². The molecule has 0 saturated heterocycles. The summed E-state index contributed by atoms with van der Waals surface area (Å²) in [5, 5.41) is 0. The quantitative estimate of drug-likeness (QED) is 0.453. The smallest absolute Gasteiger partial charge is 0.0684 e. The largest absolute Gasteiger partial charge is 0.381 e. The van der Waals surface area contributed by atoms with Crippen LogP contribution in [-0.4, -0.2) is 19.3 Å². The molecule has 1 atom stereocenters. The van der Waals surface area contributed by atoms with Gasteiger partial charge >= 0.3 is 0 Å². The van der Waals surface area contributed by atoms with Crippen LogP contribution in [0.1, 0.15) is 19.8 Å². The van der Waals surface area contributed by atoms with Crippen LogP contribution in [0, 0.1) is 12.3 Å². The average Bonchev–Trinajstić information content (AvgIpc) is 1.98. The van der Waals surface area contributed by atoms with E-state index in [1.807, 2.05) is 0 Å². The predicted molar refractivity (Wildman–Crippen MR) is 42.5 cm³/mol. The molecular weight excluding hydrogens is 126 g/mol. The van der Waals surface area contributed by atoms with Gasteiger partial charge in [0.25, 0.3) is 0 Å². The Morgan fingerprint density at radius 2 is 2.30 bits per heavy atom.